The lowest BCUT2D eigenvalue weighted by Crippen LogP contribution is -2.23. The Morgan fingerprint density at radius 3 is 2.50 bits per heavy atom. The van der Waals surface area contributed by atoms with Crippen LogP contribution in [0.1, 0.15) is 18.9 Å². The second-order valence-corrected chi connectivity index (χ2v) is 3.65. The van der Waals surface area contributed by atoms with Crippen LogP contribution in [0.3, 0.4) is 0 Å². The van der Waals surface area contributed by atoms with Crippen LogP contribution in [0.15, 0.2) is 30.3 Å². The minimum absolute atomic E-state index is 0.0299. The minimum Gasteiger partial charge on any atom is -0.461 e. The highest BCUT2D eigenvalue weighted by Crippen LogP contribution is 2.05. The number of nitrogens with two attached hydrogens (primary N) is 1. The Hall–Kier alpha value is -1.84. The van der Waals surface area contributed by atoms with Gasteiger partial charge in [0.15, 0.2) is 0 Å². The van der Waals surface area contributed by atoms with Crippen molar-refractivity contribution in [1.82, 2.24) is 0 Å². The lowest BCUT2D eigenvalue weighted by molar-refractivity contribution is -0.147. The first kappa shape index (κ1) is 12.2. The van der Waals surface area contributed by atoms with Crippen molar-refractivity contribution >= 4 is 11.9 Å². The summed E-state index contributed by atoms with van der Waals surface area (Å²) in [5.41, 5.74) is 5.96. The molecule has 4 heteroatoms. The lowest BCUT2D eigenvalue weighted by Gasteiger charge is -2.07. The summed E-state index contributed by atoms with van der Waals surface area (Å²) >= 11 is 0. The molecule has 1 aromatic rings. The Kier molecular flexibility index (Phi) is 4.51. The highest BCUT2D eigenvalue weighted by molar-refractivity contribution is 5.82. The average molecular weight is 221 g/mol. The van der Waals surface area contributed by atoms with Gasteiger partial charge in [-0.3, -0.25) is 9.59 Å². The maximum atomic E-state index is 11.3. The Morgan fingerprint density at radius 1 is 1.31 bits per heavy atom. The van der Waals surface area contributed by atoms with Crippen LogP contribution >= 0.6 is 0 Å². The van der Waals surface area contributed by atoms with Crippen LogP contribution in [0.2, 0.25) is 0 Å². The van der Waals surface area contributed by atoms with Gasteiger partial charge < -0.3 is 10.5 Å². The number of rotatable bonds is 5. The second kappa shape index (κ2) is 5.90. The smallest absolute Gasteiger partial charge is 0.306 e. The summed E-state index contributed by atoms with van der Waals surface area (Å²) in [7, 11) is 0. The van der Waals surface area contributed by atoms with Gasteiger partial charge in [0.2, 0.25) is 5.91 Å². The summed E-state index contributed by atoms with van der Waals surface area (Å²) in [5, 5.41) is 0. The summed E-state index contributed by atoms with van der Waals surface area (Å²) in [6, 6.07) is 9.36. The molecule has 0 saturated heterocycles. The molecule has 0 spiro atoms. The fraction of sp³-hybridized carbons (Fsp3) is 0.333. The molecule has 0 aromatic heterocycles. The van der Waals surface area contributed by atoms with E-state index in [1.54, 1.807) is 6.92 Å². The molecule has 0 fully saturated rings. The van der Waals surface area contributed by atoms with E-state index in [4.69, 9.17) is 10.5 Å². The van der Waals surface area contributed by atoms with Crippen LogP contribution < -0.4 is 5.73 Å². The van der Waals surface area contributed by atoms with Crippen molar-refractivity contribution in [3.8, 4) is 0 Å². The summed E-state index contributed by atoms with van der Waals surface area (Å²) in [6.07, 6.45) is 0.0299. The van der Waals surface area contributed by atoms with Crippen molar-refractivity contribution in [3.05, 3.63) is 35.9 Å². The van der Waals surface area contributed by atoms with Gasteiger partial charge in [-0.1, -0.05) is 37.3 Å². The van der Waals surface area contributed by atoms with Gasteiger partial charge in [-0.15, -0.1) is 0 Å². The standard InChI is InChI=1S/C12H15NO3/c1-9(12(13)15)7-11(14)16-8-10-5-3-2-4-6-10/h2-6,9H,7-8H2,1H3,(H2,13,15). The number of carbonyl (C=O) groups excluding carboxylic acids is 2. The van der Waals surface area contributed by atoms with E-state index >= 15 is 0 Å². The third kappa shape index (κ3) is 4.13. The van der Waals surface area contributed by atoms with E-state index in [-0.39, 0.29) is 13.0 Å². The third-order valence-electron chi connectivity index (χ3n) is 2.20. The molecule has 1 atom stereocenters. The van der Waals surface area contributed by atoms with E-state index in [9.17, 15) is 9.59 Å². The van der Waals surface area contributed by atoms with Crippen LogP contribution in [-0.4, -0.2) is 11.9 Å². The van der Waals surface area contributed by atoms with Gasteiger partial charge in [-0.05, 0) is 5.56 Å². The van der Waals surface area contributed by atoms with E-state index in [1.165, 1.54) is 0 Å². The van der Waals surface area contributed by atoms with E-state index < -0.39 is 17.8 Å². The molecule has 16 heavy (non-hydrogen) atoms. The Labute approximate surface area is 94.4 Å². The third-order valence-corrected chi connectivity index (χ3v) is 2.20. The molecule has 0 saturated carbocycles. The molecule has 1 unspecified atom stereocenters. The van der Waals surface area contributed by atoms with E-state index in [2.05, 4.69) is 0 Å². The Morgan fingerprint density at radius 2 is 1.94 bits per heavy atom. The van der Waals surface area contributed by atoms with Crippen LogP contribution in [0.4, 0.5) is 0 Å². The van der Waals surface area contributed by atoms with E-state index in [0.29, 0.717) is 0 Å². The average Bonchev–Trinajstić information content (AvgIpc) is 2.27. The maximum absolute atomic E-state index is 11.3. The summed E-state index contributed by atoms with van der Waals surface area (Å²) in [4.78, 5) is 22.0. The number of benzene rings is 1. The Bertz CT molecular complexity index is 362. The highest BCUT2D eigenvalue weighted by atomic mass is 16.5. The molecule has 0 aliphatic rings. The predicted octanol–water partition coefficient (Wildman–Crippen LogP) is 1.24. The van der Waals surface area contributed by atoms with E-state index in [0.717, 1.165) is 5.56 Å². The van der Waals surface area contributed by atoms with Crippen LogP contribution in [0, 0.1) is 5.92 Å². The molecule has 86 valence electrons. The molecule has 4 nitrogen and oxygen atoms in total. The van der Waals surface area contributed by atoms with Crippen LogP contribution in [-0.2, 0) is 20.9 Å². The topological polar surface area (TPSA) is 69.4 Å². The lowest BCUT2D eigenvalue weighted by atomic mass is 10.1. The SMILES string of the molecule is CC(CC(=O)OCc1ccccc1)C(N)=O. The molecule has 1 rings (SSSR count). The molecule has 0 aliphatic heterocycles. The van der Waals surface area contributed by atoms with Crippen molar-refractivity contribution in [2.24, 2.45) is 11.7 Å². The zero-order valence-corrected chi connectivity index (χ0v) is 9.18. The van der Waals surface area contributed by atoms with Crippen LogP contribution in [0.5, 0.6) is 0 Å². The number of ether oxygens (including phenoxy) is 1. The van der Waals surface area contributed by atoms with Gasteiger partial charge in [0, 0.05) is 5.92 Å². The van der Waals surface area contributed by atoms with E-state index in [1.807, 2.05) is 30.3 Å². The van der Waals surface area contributed by atoms with Crippen molar-refractivity contribution in [3.63, 3.8) is 0 Å². The second-order valence-electron chi connectivity index (χ2n) is 3.65. The summed E-state index contributed by atoms with van der Waals surface area (Å²) in [5.74, 6) is -1.38. The number of hydrogen-bond acceptors (Lipinski definition) is 3. The minimum atomic E-state index is -0.489. The summed E-state index contributed by atoms with van der Waals surface area (Å²) in [6.45, 7) is 1.83. The normalized spacial score (nSPS) is 11.8. The van der Waals surface area contributed by atoms with Crippen LogP contribution in [0.25, 0.3) is 0 Å². The van der Waals surface area contributed by atoms with Gasteiger partial charge in [-0.2, -0.15) is 0 Å². The largest absolute Gasteiger partial charge is 0.461 e. The van der Waals surface area contributed by atoms with Gasteiger partial charge in [0.1, 0.15) is 6.61 Å². The van der Waals surface area contributed by atoms with Gasteiger partial charge in [-0.25, -0.2) is 0 Å². The predicted molar refractivity (Wildman–Crippen MR) is 59.2 cm³/mol. The fourth-order valence-electron chi connectivity index (χ4n) is 1.15. The number of hydrogen-bond donors (Lipinski definition) is 1. The number of esters is 1. The molecule has 0 bridgehead atoms. The molecular formula is C12H15NO3. The number of primary amides is 1. The van der Waals surface area contributed by atoms with Crippen molar-refractivity contribution in [2.45, 2.75) is 20.0 Å². The maximum Gasteiger partial charge on any atom is 0.306 e. The monoisotopic (exact) mass is 221 g/mol. The molecule has 1 aromatic carbocycles. The van der Waals surface area contributed by atoms with Gasteiger partial charge in [0.05, 0.1) is 6.42 Å². The van der Waals surface area contributed by atoms with Gasteiger partial charge >= 0.3 is 5.97 Å². The summed E-state index contributed by atoms with van der Waals surface area (Å²) < 4.78 is 5.00. The molecule has 2 N–H and O–H groups in total. The molecule has 0 heterocycles. The first-order valence-corrected chi connectivity index (χ1v) is 5.08. The molecule has 1 amide bonds. The van der Waals surface area contributed by atoms with Gasteiger partial charge in [0.25, 0.3) is 0 Å². The first-order chi connectivity index (χ1) is 7.59. The highest BCUT2D eigenvalue weighted by Gasteiger charge is 2.14. The number of carbonyl (C=O) groups is 2. The molecule has 0 aliphatic carbocycles. The number of amides is 1. The zero-order chi connectivity index (χ0) is 12.0. The van der Waals surface area contributed by atoms with Crippen molar-refractivity contribution < 1.29 is 14.3 Å². The first-order valence-electron chi connectivity index (χ1n) is 5.08. The molecule has 0 radical (unpaired) electrons. The quantitative estimate of drug-likeness (QED) is 0.760. The van der Waals surface area contributed by atoms with Crippen molar-refractivity contribution in [2.75, 3.05) is 0 Å². The Balaban J connectivity index is 2.33. The van der Waals surface area contributed by atoms with Crippen molar-refractivity contribution in [1.29, 1.82) is 0 Å². The fourth-order valence-corrected chi connectivity index (χ4v) is 1.15. The molecular weight excluding hydrogens is 206 g/mol. The zero-order valence-electron chi connectivity index (χ0n) is 9.18.